The van der Waals surface area contributed by atoms with Gasteiger partial charge in [0.25, 0.3) is 0 Å². The maximum Gasteiger partial charge on any atom is 0.407 e. The largest absolute Gasteiger partial charge is 0.444 e. The molecule has 1 unspecified atom stereocenters. The summed E-state index contributed by atoms with van der Waals surface area (Å²) in [5.74, 6) is 0.873. The second-order valence-electron chi connectivity index (χ2n) is 7.18. The van der Waals surface area contributed by atoms with Crippen LogP contribution < -0.4 is 10.6 Å². The molecule has 122 valence electrons. The number of rotatable bonds is 6. The molecule has 0 radical (unpaired) electrons. The summed E-state index contributed by atoms with van der Waals surface area (Å²) in [5, 5.41) is 6.34. The van der Waals surface area contributed by atoms with Crippen LogP contribution in [0.5, 0.6) is 0 Å². The van der Waals surface area contributed by atoms with Crippen molar-refractivity contribution in [2.24, 2.45) is 5.92 Å². The van der Waals surface area contributed by atoms with Crippen LogP contribution in [-0.2, 0) is 17.8 Å². The lowest BCUT2D eigenvalue weighted by molar-refractivity contribution is 0.0523. The molecule has 1 amide bonds. The smallest absolute Gasteiger partial charge is 0.407 e. The molecule has 2 rings (SSSR count). The fourth-order valence-corrected chi connectivity index (χ4v) is 2.31. The Kier molecular flexibility index (Phi) is 5.46. The van der Waals surface area contributed by atoms with Crippen LogP contribution in [0.25, 0.3) is 0 Å². The molecular formula is C18H28N2O2. The zero-order chi connectivity index (χ0) is 16.2. The third kappa shape index (κ3) is 6.06. The first kappa shape index (κ1) is 16.8. The maximum atomic E-state index is 11.6. The van der Waals surface area contributed by atoms with Crippen molar-refractivity contribution in [1.29, 1.82) is 0 Å². The quantitative estimate of drug-likeness (QED) is 0.844. The van der Waals surface area contributed by atoms with Gasteiger partial charge in [0.1, 0.15) is 5.60 Å². The average Bonchev–Trinajstić information content (AvgIpc) is 3.26. The molecule has 0 bridgehead atoms. The van der Waals surface area contributed by atoms with Gasteiger partial charge in [-0.05, 0) is 57.6 Å². The maximum absolute atomic E-state index is 11.6. The fourth-order valence-electron chi connectivity index (χ4n) is 2.31. The van der Waals surface area contributed by atoms with E-state index in [1.54, 1.807) is 0 Å². The summed E-state index contributed by atoms with van der Waals surface area (Å²) < 4.78 is 5.22. The monoisotopic (exact) mass is 304 g/mol. The van der Waals surface area contributed by atoms with Gasteiger partial charge in [0.05, 0.1) is 0 Å². The molecule has 22 heavy (non-hydrogen) atoms. The normalized spacial score (nSPS) is 16.2. The summed E-state index contributed by atoms with van der Waals surface area (Å²) in [6.07, 6.45) is 2.35. The van der Waals surface area contributed by atoms with Gasteiger partial charge in [-0.1, -0.05) is 24.3 Å². The first-order valence-corrected chi connectivity index (χ1v) is 8.11. The minimum absolute atomic E-state index is 0.378. The number of carbonyl (C=O) groups excluding carboxylic acids is 1. The van der Waals surface area contributed by atoms with E-state index in [0.29, 0.717) is 12.6 Å². The van der Waals surface area contributed by atoms with Crippen LogP contribution in [-0.4, -0.2) is 17.7 Å². The van der Waals surface area contributed by atoms with Gasteiger partial charge in [0, 0.05) is 19.1 Å². The molecule has 4 heteroatoms. The van der Waals surface area contributed by atoms with Crippen molar-refractivity contribution in [3.8, 4) is 0 Å². The Morgan fingerprint density at radius 1 is 1.18 bits per heavy atom. The Morgan fingerprint density at radius 3 is 2.23 bits per heavy atom. The highest BCUT2D eigenvalue weighted by Gasteiger charge is 2.27. The number of nitrogens with one attached hydrogen (secondary N) is 2. The van der Waals surface area contributed by atoms with E-state index in [9.17, 15) is 4.79 Å². The van der Waals surface area contributed by atoms with Gasteiger partial charge in [-0.25, -0.2) is 4.79 Å². The summed E-state index contributed by atoms with van der Waals surface area (Å²) in [6, 6.07) is 8.93. The number of hydrogen-bond acceptors (Lipinski definition) is 3. The van der Waals surface area contributed by atoms with Crippen LogP contribution in [0.3, 0.4) is 0 Å². The number of amides is 1. The van der Waals surface area contributed by atoms with Gasteiger partial charge >= 0.3 is 6.09 Å². The van der Waals surface area contributed by atoms with Crippen molar-refractivity contribution < 1.29 is 9.53 Å². The summed E-state index contributed by atoms with van der Waals surface area (Å²) in [6.45, 7) is 9.22. The van der Waals surface area contributed by atoms with Crippen LogP contribution in [0.15, 0.2) is 24.3 Å². The molecule has 2 N–H and O–H groups in total. The number of alkyl carbamates (subject to hydrolysis) is 1. The summed E-state index contributed by atoms with van der Waals surface area (Å²) in [4.78, 5) is 11.6. The molecule has 4 nitrogen and oxygen atoms in total. The Balaban J connectivity index is 1.73. The summed E-state index contributed by atoms with van der Waals surface area (Å²) in [7, 11) is 0. The topological polar surface area (TPSA) is 50.4 Å². The molecule has 0 heterocycles. The zero-order valence-electron chi connectivity index (χ0n) is 14.1. The zero-order valence-corrected chi connectivity index (χ0v) is 14.1. The molecule has 0 saturated heterocycles. The SMILES string of the molecule is CC(NCc1ccc(CNC(=O)OC(C)(C)C)cc1)C1CC1. The lowest BCUT2D eigenvalue weighted by Crippen LogP contribution is -2.32. The van der Waals surface area contributed by atoms with Gasteiger partial charge in [-0.3, -0.25) is 0 Å². The van der Waals surface area contributed by atoms with Crippen molar-refractivity contribution in [3.05, 3.63) is 35.4 Å². The molecular weight excluding hydrogens is 276 g/mol. The minimum atomic E-state index is -0.460. The Labute approximate surface area is 133 Å². The van der Waals surface area contributed by atoms with Gasteiger partial charge < -0.3 is 15.4 Å². The second-order valence-corrected chi connectivity index (χ2v) is 7.18. The third-order valence-electron chi connectivity index (χ3n) is 3.82. The predicted octanol–water partition coefficient (Wildman–Crippen LogP) is 3.60. The van der Waals surface area contributed by atoms with Gasteiger partial charge in [-0.15, -0.1) is 0 Å². The highest BCUT2D eigenvalue weighted by molar-refractivity contribution is 5.67. The van der Waals surface area contributed by atoms with E-state index < -0.39 is 5.60 Å². The average molecular weight is 304 g/mol. The highest BCUT2D eigenvalue weighted by atomic mass is 16.6. The third-order valence-corrected chi connectivity index (χ3v) is 3.82. The van der Waals surface area contributed by atoms with Gasteiger partial charge in [0.15, 0.2) is 0 Å². The van der Waals surface area contributed by atoms with E-state index in [-0.39, 0.29) is 6.09 Å². The highest BCUT2D eigenvalue weighted by Crippen LogP contribution is 2.32. The first-order chi connectivity index (χ1) is 10.3. The molecule has 0 aromatic heterocycles. The lowest BCUT2D eigenvalue weighted by atomic mass is 10.1. The van der Waals surface area contributed by atoms with Crippen LogP contribution in [0.1, 0.15) is 51.7 Å². The standard InChI is InChI=1S/C18H28N2O2/c1-13(16-9-10-16)19-11-14-5-7-15(8-6-14)12-20-17(21)22-18(2,3)4/h5-8,13,16,19H,9-12H2,1-4H3,(H,20,21). The van der Waals surface area contributed by atoms with E-state index in [2.05, 4.69) is 41.8 Å². The van der Waals surface area contributed by atoms with Crippen molar-refractivity contribution in [2.75, 3.05) is 0 Å². The molecule has 1 aromatic carbocycles. The van der Waals surface area contributed by atoms with Gasteiger partial charge in [-0.2, -0.15) is 0 Å². The van der Waals surface area contributed by atoms with Crippen LogP contribution >= 0.6 is 0 Å². The second kappa shape index (κ2) is 7.14. The molecule has 0 aliphatic heterocycles. The minimum Gasteiger partial charge on any atom is -0.444 e. The van der Waals surface area contributed by atoms with Gasteiger partial charge in [0.2, 0.25) is 0 Å². The fraction of sp³-hybridized carbons (Fsp3) is 0.611. The van der Waals surface area contributed by atoms with E-state index in [1.807, 2.05) is 20.8 Å². The van der Waals surface area contributed by atoms with E-state index in [1.165, 1.54) is 18.4 Å². The number of carbonyl (C=O) groups is 1. The van der Waals surface area contributed by atoms with Crippen LogP contribution in [0.4, 0.5) is 4.79 Å². The Hall–Kier alpha value is -1.55. The lowest BCUT2D eigenvalue weighted by Gasteiger charge is -2.19. The molecule has 1 aliphatic rings. The number of benzene rings is 1. The van der Waals surface area contributed by atoms with Crippen molar-refractivity contribution in [3.63, 3.8) is 0 Å². The molecule has 1 saturated carbocycles. The summed E-state index contributed by atoms with van der Waals surface area (Å²) in [5.41, 5.74) is 1.89. The van der Waals surface area contributed by atoms with Crippen molar-refractivity contribution in [1.82, 2.24) is 10.6 Å². The predicted molar refractivity (Wildman–Crippen MR) is 88.5 cm³/mol. The van der Waals surface area contributed by atoms with Crippen LogP contribution in [0, 0.1) is 5.92 Å². The van der Waals surface area contributed by atoms with E-state index in [4.69, 9.17) is 4.74 Å². The number of ether oxygens (including phenoxy) is 1. The number of hydrogen-bond donors (Lipinski definition) is 2. The van der Waals surface area contributed by atoms with Crippen LogP contribution in [0.2, 0.25) is 0 Å². The molecule has 1 aromatic rings. The van der Waals surface area contributed by atoms with E-state index >= 15 is 0 Å². The summed E-state index contributed by atoms with van der Waals surface area (Å²) >= 11 is 0. The Bertz CT molecular complexity index is 487. The van der Waals surface area contributed by atoms with Crippen molar-refractivity contribution in [2.45, 2.75) is 65.3 Å². The molecule has 1 fully saturated rings. The van der Waals surface area contributed by atoms with E-state index in [0.717, 1.165) is 18.0 Å². The Morgan fingerprint density at radius 2 is 1.73 bits per heavy atom. The van der Waals surface area contributed by atoms with Crippen molar-refractivity contribution >= 4 is 6.09 Å². The molecule has 0 spiro atoms. The molecule has 1 aliphatic carbocycles. The first-order valence-electron chi connectivity index (χ1n) is 8.11. The molecule has 1 atom stereocenters.